The largest absolute Gasteiger partial charge is 0.455 e. The van der Waals surface area contributed by atoms with Crippen LogP contribution in [0.1, 0.15) is 5.48 Å². The van der Waals surface area contributed by atoms with Crippen molar-refractivity contribution >= 4 is 82.4 Å². The summed E-state index contributed by atoms with van der Waals surface area (Å²) in [6, 6.07) is 56.1. The number of hydrogen-bond acceptors (Lipinski definition) is 2. The van der Waals surface area contributed by atoms with E-state index >= 15 is 0 Å². The SMILES string of the molecule is [2H]c1c([2H])c(-c2cccc3c2c2ccccc2n3-c2ccccc2)c([2H])c(N(c2cccc3ccccc23)c2cccc3oc4c5ccccc5ccc4c23)c1[2H]. The summed E-state index contributed by atoms with van der Waals surface area (Å²) in [5.41, 5.74) is 6.99. The van der Waals surface area contributed by atoms with Crippen molar-refractivity contribution in [3.63, 3.8) is 0 Å². The highest BCUT2D eigenvalue weighted by Crippen LogP contribution is 2.47. The Labute approximate surface area is 311 Å². The normalized spacial score (nSPS) is 12.8. The molecule has 0 N–H and O–H groups in total. The number of nitrogens with zero attached hydrogens (tertiary/aromatic N) is 2. The molecule has 0 saturated heterocycles. The van der Waals surface area contributed by atoms with Gasteiger partial charge in [0.2, 0.25) is 0 Å². The number of rotatable bonds is 5. The Morgan fingerprint density at radius 2 is 1.17 bits per heavy atom. The predicted molar refractivity (Wildman–Crippen MR) is 223 cm³/mol. The van der Waals surface area contributed by atoms with Gasteiger partial charge in [0, 0.05) is 38.3 Å². The number of aromatic nitrogens is 1. The third-order valence-electron chi connectivity index (χ3n) is 10.4. The van der Waals surface area contributed by atoms with Gasteiger partial charge in [0.05, 0.1) is 33.3 Å². The molecule has 0 amide bonds. The molecule has 3 heteroatoms. The van der Waals surface area contributed by atoms with Gasteiger partial charge in [-0.15, -0.1) is 0 Å². The van der Waals surface area contributed by atoms with E-state index in [2.05, 4.69) is 71.3 Å². The van der Waals surface area contributed by atoms with Gasteiger partial charge < -0.3 is 13.9 Å². The van der Waals surface area contributed by atoms with Crippen LogP contribution >= 0.6 is 0 Å². The van der Waals surface area contributed by atoms with Gasteiger partial charge in [-0.25, -0.2) is 0 Å². The first kappa shape index (κ1) is 25.8. The molecule has 9 aromatic carbocycles. The molecule has 0 saturated carbocycles. The van der Waals surface area contributed by atoms with Crippen molar-refractivity contribution in [3.8, 4) is 16.8 Å². The second-order valence-electron chi connectivity index (χ2n) is 13.4. The van der Waals surface area contributed by atoms with Gasteiger partial charge in [0.15, 0.2) is 0 Å². The molecule has 2 aromatic heterocycles. The summed E-state index contributed by atoms with van der Waals surface area (Å²) in [7, 11) is 0. The minimum Gasteiger partial charge on any atom is -0.455 e. The van der Waals surface area contributed by atoms with E-state index in [0.29, 0.717) is 22.4 Å². The lowest BCUT2D eigenvalue weighted by atomic mass is 9.98. The van der Waals surface area contributed by atoms with Crippen LogP contribution < -0.4 is 4.90 Å². The topological polar surface area (TPSA) is 21.3 Å². The summed E-state index contributed by atoms with van der Waals surface area (Å²) in [5.74, 6) is 0. The zero-order chi connectivity index (χ0) is 38.4. The molecule has 0 atom stereocenters. The Morgan fingerprint density at radius 1 is 0.491 bits per heavy atom. The van der Waals surface area contributed by atoms with Crippen LogP contribution in [0.2, 0.25) is 0 Å². The smallest absolute Gasteiger partial charge is 0.143 e. The van der Waals surface area contributed by atoms with E-state index in [0.717, 1.165) is 71.1 Å². The quantitative estimate of drug-likeness (QED) is 0.180. The molecule has 0 aliphatic heterocycles. The van der Waals surface area contributed by atoms with Crippen molar-refractivity contribution < 1.29 is 9.90 Å². The van der Waals surface area contributed by atoms with Gasteiger partial charge in [-0.2, -0.15) is 0 Å². The predicted octanol–water partition coefficient (Wildman–Crippen LogP) is 14.1. The second kappa shape index (κ2) is 11.7. The molecule has 53 heavy (non-hydrogen) atoms. The van der Waals surface area contributed by atoms with Crippen LogP contribution in [0.3, 0.4) is 0 Å². The maximum Gasteiger partial charge on any atom is 0.143 e. The van der Waals surface area contributed by atoms with Crippen molar-refractivity contribution in [2.24, 2.45) is 0 Å². The first-order chi connectivity index (χ1) is 28.0. The van der Waals surface area contributed by atoms with Crippen LogP contribution in [0.4, 0.5) is 17.1 Å². The van der Waals surface area contributed by atoms with Crippen LogP contribution in [0, 0.1) is 0 Å². The molecule has 0 aliphatic carbocycles. The first-order valence-corrected chi connectivity index (χ1v) is 17.8. The number of para-hydroxylation sites is 2. The molecular formula is C50H32N2O. The third-order valence-corrected chi connectivity index (χ3v) is 10.4. The van der Waals surface area contributed by atoms with Crippen molar-refractivity contribution in [1.82, 2.24) is 4.57 Å². The van der Waals surface area contributed by atoms with Crippen molar-refractivity contribution in [3.05, 3.63) is 194 Å². The van der Waals surface area contributed by atoms with Gasteiger partial charge in [0.1, 0.15) is 11.2 Å². The number of hydrogen-bond donors (Lipinski definition) is 0. The average molecular weight is 681 g/mol. The molecule has 0 unspecified atom stereocenters. The lowest BCUT2D eigenvalue weighted by Gasteiger charge is -2.28. The van der Waals surface area contributed by atoms with Crippen molar-refractivity contribution in [2.45, 2.75) is 0 Å². The maximum absolute atomic E-state index is 10.2. The lowest BCUT2D eigenvalue weighted by Crippen LogP contribution is -2.11. The van der Waals surface area contributed by atoms with E-state index in [4.69, 9.17) is 4.42 Å². The minimum atomic E-state index is -0.250. The molecule has 11 aromatic rings. The minimum absolute atomic E-state index is 0.00627. The second-order valence-corrected chi connectivity index (χ2v) is 13.4. The van der Waals surface area contributed by atoms with Crippen LogP contribution in [0.5, 0.6) is 0 Å². The molecule has 248 valence electrons. The summed E-state index contributed by atoms with van der Waals surface area (Å²) < 4.78 is 47.6. The molecule has 0 radical (unpaired) electrons. The third kappa shape index (κ3) is 4.54. The van der Waals surface area contributed by atoms with Crippen molar-refractivity contribution in [2.75, 3.05) is 4.90 Å². The van der Waals surface area contributed by atoms with Crippen LogP contribution in [-0.2, 0) is 0 Å². The lowest BCUT2D eigenvalue weighted by molar-refractivity contribution is 0.672. The summed E-state index contributed by atoms with van der Waals surface area (Å²) in [4.78, 5) is 1.95. The van der Waals surface area contributed by atoms with E-state index < -0.39 is 0 Å². The van der Waals surface area contributed by atoms with E-state index in [-0.39, 0.29) is 29.9 Å². The van der Waals surface area contributed by atoms with Gasteiger partial charge in [-0.1, -0.05) is 133 Å². The Bertz CT molecular complexity index is 3420. The van der Waals surface area contributed by atoms with Gasteiger partial charge in [0.25, 0.3) is 0 Å². The molecule has 2 heterocycles. The molecule has 0 aliphatic rings. The molecule has 3 nitrogen and oxygen atoms in total. The first-order valence-electron chi connectivity index (χ1n) is 19.8. The van der Waals surface area contributed by atoms with Gasteiger partial charge in [-0.3, -0.25) is 0 Å². The van der Waals surface area contributed by atoms with Gasteiger partial charge in [-0.05, 0) is 82.5 Å². The number of furan rings is 1. The van der Waals surface area contributed by atoms with Crippen LogP contribution in [0.15, 0.2) is 198 Å². The molecule has 0 spiro atoms. The monoisotopic (exact) mass is 680 g/mol. The Hall–Kier alpha value is -7.10. The molecule has 11 rings (SSSR count). The summed E-state index contributed by atoms with van der Waals surface area (Å²) >= 11 is 0. The summed E-state index contributed by atoms with van der Waals surface area (Å²) in [5, 5.41) is 7.57. The zero-order valence-electron chi connectivity index (χ0n) is 32.5. The van der Waals surface area contributed by atoms with Gasteiger partial charge >= 0.3 is 0 Å². The number of benzene rings is 9. The number of fused-ring (bicyclic) bond motifs is 9. The fourth-order valence-electron chi connectivity index (χ4n) is 8.16. The highest BCUT2D eigenvalue weighted by Gasteiger charge is 2.23. The number of anilines is 3. The van der Waals surface area contributed by atoms with E-state index in [1.165, 1.54) is 0 Å². The zero-order valence-corrected chi connectivity index (χ0v) is 28.5. The van der Waals surface area contributed by atoms with E-state index in [9.17, 15) is 5.48 Å². The van der Waals surface area contributed by atoms with Crippen LogP contribution in [-0.4, -0.2) is 4.57 Å². The van der Waals surface area contributed by atoms with Crippen LogP contribution in [0.25, 0.3) is 82.1 Å². The summed E-state index contributed by atoms with van der Waals surface area (Å²) in [6.45, 7) is 0. The Kier molecular flexibility index (Phi) is 5.71. The molecular weight excluding hydrogens is 645 g/mol. The fourth-order valence-corrected chi connectivity index (χ4v) is 8.16. The van der Waals surface area contributed by atoms with E-state index in [1.807, 2.05) is 108 Å². The molecule has 0 fully saturated rings. The van der Waals surface area contributed by atoms with E-state index in [1.54, 1.807) is 0 Å². The highest BCUT2D eigenvalue weighted by molar-refractivity contribution is 6.20. The standard InChI is InChI=1S/C50H32N2O/c1-2-18-36(19-3-1)51-44-25-9-8-23-41(44)48-39(24-12-27-45(48)51)35-17-10-20-37(32-35)52(43-26-11-16-33-14-4-6-21-38(33)43)46-28-13-29-47-49(46)42-31-30-34-15-5-7-22-40(34)50(42)53-47/h1-32H/i10D,17D,20D,32D. The fraction of sp³-hybridized carbons (Fsp3) is 0. The van der Waals surface area contributed by atoms with Crippen molar-refractivity contribution in [1.29, 1.82) is 0 Å². The maximum atomic E-state index is 10.2. The highest BCUT2D eigenvalue weighted by atomic mass is 16.3. The summed E-state index contributed by atoms with van der Waals surface area (Å²) in [6.07, 6.45) is 0. The Morgan fingerprint density at radius 3 is 2.06 bits per heavy atom. The molecule has 0 bridgehead atoms. The Balaban J connectivity index is 1.26. The average Bonchev–Trinajstić information content (AvgIpc) is 3.82.